The van der Waals surface area contributed by atoms with Crippen molar-refractivity contribution in [1.29, 1.82) is 0 Å². The van der Waals surface area contributed by atoms with Crippen molar-refractivity contribution < 1.29 is 4.79 Å². The van der Waals surface area contributed by atoms with E-state index < -0.39 is 0 Å². The smallest absolute Gasteiger partial charge is 0.162 e. The minimum Gasteiger partial charge on any atom is -0.294 e. The average molecular weight is 181 g/mol. The molecule has 0 bridgehead atoms. The maximum Gasteiger partial charge on any atom is 0.162 e. The van der Waals surface area contributed by atoms with Crippen molar-refractivity contribution in [2.45, 2.75) is 20.3 Å². The Morgan fingerprint density at radius 1 is 1.75 bits per heavy atom. The molecule has 0 radical (unpaired) electrons. The largest absolute Gasteiger partial charge is 0.294 e. The predicted molar refractivity (Wildman–Crippen MR) is 50.4 cm³/mol. The highest BCUT2D eigenvalue weighted by Gasteiger charge is 2.02. The van der Waals surface area contributed by atoms with Crippen LogP contribution in [0.15, 0.2) is 17.5 Å². The van der Waals surface area contributed by atoms with Gasteiger partial charge in [0.1, 0.15) is 5.01 Å². The number of aromatic nitrogens is 1. The van der Waals surface area contributed by atoms with Crippen LogP contribution in [-0.2, 0) is 11.2 Å². The van der Waals surface area contributed by atoms with Gasteiger partial charge in [-0.1, -0.05) is 6.08 Å². The molecule has 0 aliphatic heterocycles. The summed E-state index contributed by atoms with van der Waals surface area (Å²) in [7, 11) is 0. The lowest BCUT2D eigenvalue weighted by Gasteiger charge is -1.88. The van der Waals surface area contributed by atoms with Crippen molar-refractivity contribution in [3.8, 4) is 0 Å². The average Bonchev–Trinajstić information content (AvgIpc) is 2.36. The van der Waals surface area contributed by atoms with E-state index in [1.54, 1.807) is 12.2 Å². The predicted octanol–water partition coefficient (Wildman–Crippen LogP) is 2.14. The van der Waals surface area contributed by atoms with Crippen LogP contribution in [0.4, 0.5) is 0 Å². The van der Waals surface area contributed by atoms with E-state index in [2.05, 4.69) is 4.98 Å². The zero-order valence-corrected chi connectivity index (χ0v) is 8.02. The SMILES string of the molecule is C/C=C/C(=O)Cc1nc(C)cs1. The van der Waals surface area contributed by atoms with Crippen LogP contribution in [0, 0.1) is 6.92 Å². The number of allylic oxidation sites excluding steroid dienone is 2. The van der Waals surface area contributed by atoms with E-state index in [-0.39, 0.29) is 5.78 Å². The molecule has 64 valence electrons. The van der Waals surface area contributed by atoms with Gasteiger partial charge in [0.2, 0.25) is 0 Å². The Labute approximate surface area is 76.0 Å². The second-order valence-corrected chi connectivity index (χ2v) is 3.47. The van der Waals surface area contributed by atoms with Crippen LogP contribution in [0.3, 0.4) is 0 Å². The molecule has 1 heterocycles. The molecule has 0 saturated heterocycles. The molecule has 0 aliphatic carbocycles. The Morgan fingerprint density at radius 3 is 3.00 bits per heavy atom. The van der Waals surface area contributed by atoms with Crippen molar-refractivity contribution in [2.75, 3.05) is 0 Å². The first-order valence-electron chi connectivity index (χ1n) is 3.79. The van der Waals surface area contributed by atoms with Gasteiger partial charge in [-0.15, -0.1) is 11.3 Å². The highest BCUT2D eigenvalue weighted by atomic mass is 32.1. The minimum atomic E-state index is 0.117. The zero-order chi connectivity index (χ0) is 8.97. The van der Waals surface area contributed by atoms with Crippen molar-refractivity contribution in [1.82, 2.24) is 4.98 Å². The molecule has 0 atom stereocenters. The third-order valence-corrected chi connectivity index (χ3v) is 2.31. The fourth-order valence-corrected chi connectivity index (χ4v) is 1.66. The number of ketones is 1. The van der Waals surface area contributed by atoms with Gasteiger partial charge in [-0.3, -0.25) is 4.79 Å². The highest BCUT2D eigenvalue weighted by Crippen LogP contribution is 2.09. The summed E-state index contributed by atoms with van der Waals surface area (Å²) >= 11 is 1.54. The Hall–Kier alpha value is -0.960. The van der Waals surface area contributed by atoms with E-state index in [0.717, 1.165) is 10.7 Å². The van der Waals surface area contributed by atoms with E-state index in [9.17, 15) is 4.79 Å². The first-order valence-corrected chi connectivity index (χ1v) is 4.67. The summed E-state index contributed by atoms with van der Waals surface area (Å²) in [4.78, 5) is 15.3. The number of carbonyl (C=O) groups excluding carboxylic acids is 1. The Morgan fingerprint density at radius 2 is 2.50 bits per heavy atom. The monoisotopic (exact) mass is 181 g/mol. The summed E-state index contributed by atoms with van der Waals surface area (Å²) in [5, 5.41) is 2.86. The van der Waals surface area contributed by atoms with E-state index >= 15 is 0 Å². The second-order valence-electron chi connectivity index (χ2n) is 2.53. The van der Waals surface area contributed by atoms with Gasteiger partial charge < -0.3 is 0 Å². The molecule has 0 aliphatic rings. The molecule has 12 heavy (non-hydrogen) atoms. The number of thiazole rings is 1. The number of nitrogens with zero attached hydrogens (tertiary/aromatic N) is 1. The zero-order valence-electron chi connectivity index (χ0n) is 7.20. The summed E-state index contributed by atoms with van der Waals surface area (Å²) in [6.45, 7) is 3.77. The van der Waals surface area contributed by atoms with Gasteiger partial charge in [-0.25, -0.2) is 4.98 Å². The summed E-state index contributed by atoms with van der Waals surface area (Å²) < 4.78 is 0. The van der Waals surface area contributed by atoms with Crippen LogP contribution in [0.2, 0.25) is 0 Å². The Bertz CT molecular complexity index is 301. The molecule has 0 fully saturated rings. The number of hydrogen-bond donors (Lipinski definition) is 0. The van der Waals surface area contributed by atoms with Gasteiger partial charge in [0.25, 0.3) is 0 Å². The maximum absolute atomic E-state index is 11.1. The number of carbonyl (C=O) groups is 1. The quantitative estimate of drug-likeness (QED) is 0.669. The van der Waals surface area contributed by atoms with Crippen LogP contribution in [0.5, 0.6) is 0 Å². The summed E-state index contributed by atoms with van der Waals surface area (Å²) in [5.74, 6) is 0.117. The van der Waals surface area contributed by atoms with Crippen LogP contribution >= 0.6 is 11.3 Å². The summed E-state index contributed by atoms with van der Waals surface area (Å²) in [6.07, 6.45) is 3.77. The number of hydrogen-bond acceptors (Lipinski definition) is 3. The topological polar surface area (TPSA) is 30.0 Å². The molecule has 0 aromatic carbocycles. The summed E-state index contributed by atoms with van der Waals surface area (Å²) in [5.41, 5.74) is 0.989. The molecule has 2 nitrogen and oxygen atoms in total. The highest BCUT2D eigenvalue weighted by molar-refractivity contribution is 7.09. The van der Waals surface area contributed by atoms with Gasteiger partial charge in [-0.05, 0) is 19.9 Å². The number of aryl methyl sites for hydroxylation is 1. The molecule has 0 spiro atoms. The molecule has 0 unspecified atom stereocenters. The summed E-state index contributed by atoms with van der Waals surface area (Å²) in [6, 6.07) is 0. The molecule has 1 aromatic heterocycles. The van der Waals surface area contributed by atoms with E-state index in [1.807, 2.05) is 19.2 Å². The third-order valence-electron chi connectivity index (χ3n) is 1.34. The lowest BCUT2D eigenvalue weighted by Crippen LogP contribution is -1.97. The fraction of sp³-hybridized carbons (Fsp3) is 0.333. The van der Waals surface area contributed by atoms with Gasteiger partial charge >= 0.3 is 0 Å². The van der Waals surface area contributed by atoms with E-state index in [1.165, 1.54) is 11.3 Å². The first-order chi connectivity index (χ1) is 5.72. The van der Waals surface area contributed by atoms with E-state index in [0.29, 0.717) is 6.42 Å². The van der Waals surface area contributed by atoms with Gasteiger partial charge in [-0.2, -0.15) is 0 Å². The van der Waals surface area contributed by atoms with Crippen molar-refractivity contribution >= 4 is 17.1 Å². The van der Waals surface area contributed by atoms with Crippen LogP contribution in [-0.4, -0.2) is 10.8 Å². The molecule has 1 rings (SSSR count). The molecule has 0 saturated carbocycles. The van der Waals surface area contributed by atoms with Gasteiger partial charge in [0.05, 0.1) is 6.42 Å². The van der Waals surface area contributed by atoms with Gasteiger partial charge in [0.15, 0.2) is 5.78 Å². The third kappa shape index (κ3) is 2.58. The minimum absolute atomic E-state index is 0.117. The molecule has 3 heteroatoms. The van der Waals surface area contributed by atoms with E-state index in [4.69, 9.17) is 0 Å². The van der Waals surface area contributed by atoms with Gasteiger partial charge in [0, 0.05) is 11.1 Å². The first kappa shape index (κ1) is 9.13. The molecular weight excluding hydrogens is 170 g/mol. The normalized spacial score (nSPS) is 10.8. The molecular formula is C9H11NOS. The lowest BCUT2D eigenvalue weighted by molar-refractivity contribution is -0.114. The lowest BCUT2D eigenvalue weighted by atomic mass is 10.3. The standard InChI is InChI=1S/C9H11NOS/c1-3-4-8(11)5-9-10-7(2)6-12-9/h3-4,6H,5H2,1-2H3/b4-3+. The Balaban J connectivity index is 2.58. The van der Waals surface area contributed by atoms with Crippen molar-refractivity contribution in [2.24, 2.45) is 0 Å². The maximum atomic E-state index is 11.1. The molecule has 1 aromatic rings. The second kappa shape index (κ2) is 4.16. The fourth-order valence-electron chi connectivity index (χ4n) is 0.878. The molecule has 0 amide bonds. The Kier molecular flexibility index (Phi) is 3.17. The van der Waals surface area contributed by atoms with Crippen molar-refractivity contribution in [3.05, 3.63) is 28.2 Å². The van der Waals surface area contributed by atoms with Crippen LogP contribution in [0.1, 0.15) is 17.6 Å². The molecule has 0 N–H and O–H groups in total. The number of rotatable bonds is 3. The van der Waals surface area contributed by atoms with Crippen molar-refractivity contribution in [3.63, 3.8) is 0 Å². The van der Waals surface area contributed by atoms with Crippen LogP contribution in [0.25, 0.3) is 0 Å². The van der Waals surface area contributed by atoms with Crippen LogP contribution < -0.4 is 0 Å².